The van der Waals surface area contributed by atoms with Crippen LogP contribution >= 0.6 is 11.3 Å². The molecule has 5 nitrogen and oxygen atoms in total. The molecule has 1 N–H and O–H groups in total. The second-order valence-corrected chi connectivity index (χ2v) is 9.54. The van der Waals surface area contributed by atoms with Crippen molar-refractivity contribution in [3.8, 4) is 0 Å². The van der Waals surface area contributed by atoms with Gasteiger partial charge in [-0.3, -0.25) is 14.6 Å². The highest BCUT2D eigenvalue weighted by Gasteiger charge is 2.28. The highest BCUT2D eigenvalue weighted by molar-refractivity contribution is 7.09. The van der Waals surface area contributed by atoms with Gasteiger partial charge in [0, 0.05) is 37.0 Å². The minimum Gasteiger partial charge on any atom is -0.352 e. The Bertz CT molecular complexity index is 785. The average Bonchev–Trinajstić information content (AvgIpc) is 3.14. The van der Waals surface area contributed by atoms with Crippen LogP contribution in [0.15, 0.2) is 35.7 Å². The molecule has 0 spiro atoms. The van der Waals surface area contributed by atoms with E-state index in [4.69, 9.17) is 0 Å². The van der Waals surface area contributed by atoms with E-state index in [9.17, 15) is 4.79 Å². The number of amides is 1. The first-order chi connectivity index (χ1) is 14.2. The van der Waals surface area contributed by atoms with Crippen LogP contribution in [0, 0.1) is 12.8 Å². The molecule has 156 valence electrons. The Labute approximate surface area is 178 Å². The van der Waals surface area contributed by atoms with Crippen LogP contribution in [0.5, 0.6) is 0 Å². The van der Waals surface area contributed by atoms with Crippen LogP contribution in [-0.2, 0) is 17.9 Å². The Balaban J connectivity index is 1.21. The number of hydrogen-bond donors (Lipinski definition) is 1. The Morgan fingerprint density at radius 2 is 1.90 bits per heavy atom. The molecule has 0 saturated carbocycles. The molecule has 0 aliphatic carbocycles. The first-order valence-electron chi connectivity index (χ1n) is 10.9. The molecular weight excluding hydrogens is 380 g/mol. The molecule has 2 aromatic rings. The topological polar surface area (TPSA) is 48.5 Å². The van der Waals surface area contributed by atoms with Gasteiger partial charge in [-0.2, -0.15) is 0 Å². The van der Waals surface area contributed by atoms with E-state index in [0.717, 1.165) is 75.7 Å². The maximum atomic E-state index is 12.8. The number of likely N-dealkylation sites (tertiary alicyclic amines) is 2. The van der Waals surface area contributed by atoms with Gasteiger partial charge in [-0.1, -0.05) is 30.3 Å². The number of nitrogens with zero attached hydrogens (tertiary/aromatic N) is 3. The number of piperidine rings is 2. The third-order valence-corrected chi connectivity index (χ3v) is 6.93. The predicted octanol–water partition coefficient (Wildman–Crippen LogP) is 3.44. The monoisotopic (exact) mass is 412 g/mol. The molecule has 0 bridgehead atoms. The van der Waals surface area contributed by atoms with E-state index in [1.54, 1.807) is 11.3 Å². The van der Waals surface area contributed by atoms with Crippen molar-refractivity contribution in [1.82, 2.24) is 20.1 Å². The molecule has 2 fully saturated rings. The SMILES string of the molecule is Cc1nc(CN2CCC(C(=O)NC3CCCN(Cc4ccccc4)C3)CC2)cs1. The van der Waals surface area contributed by atoms with E-state index >= 15 is 0 Å². The molecule has 1 aromatic heterocycles. The summed E-state index contributed by atoms with van der Waals surface area (Å²) in [7, 11) is 0. The molecule has 1 unspecified atom stereocenters. The zero-order chi connectivity index (χ0) is 20.1. The summed E-state index contributed by atoms with van der Waals surface area (Å²) in [6, 6.07) is 10.9. The van der Waals surface area contributed by atoms with Gasteiger partial charge in [0.25, 0.3) is 0 Å². The number of hydrogen-bond acceptors (Lipinski definition) is 5. The summed E-state index contributed by atoms with van der Waals surface area (Å²) in [4.78, 5) is 22.3. The Kier molecular flexibility index (Phi) is 6.95. The summed E-state index contributed by atoms with van der Waals surface area (Å²) < 4.78 is 0. The lowest BCUT2D eigenvalue weighted by molar-refractivity contribution is -0.127. The molecule has 6 heteroatoms. The van der Waals surface area contributed by atoms with E-state index in [2.05, 4.69) is 62.7 Å². The average molecular weight is 413 g/mol. The minimum atomic E-state index is 0.160. The van der Waals surface area contributed by atoms with Crippen molar-refractivity contribution in [2.45, 2.75) is 51.7 Å². The van der Waals surface area contributed by atoms with Gasteiger partial charge in [0.05, 0.1) is 10.7 Å². The molecule has 1 amide bonds. The van der Waals surface area contributed by atoms with Crippen molar-refractivity contribution >= 4 is 17.2 Å². The van der Waals surface area contributed by atoms with Crippen LogP contribution in [0.2, 0.25) is 0 Å². The number of aryl methyl sites for hydroxylation is 1. The number of thiazole rings is 1. The fraction of sp³-hybridized carbons (Fsp3) is 0.565. The van der Waals surface area contributed by atoms with Crippen molar-refractivity contribution < 1.29 is 4.79 Å². The second-order valence-electron chi connectivity index (χ2n) is 8.48. The molecule has 2 aliphatic rings. The van der Waals surface area contributed by atoms with E-state index in [1.807, 2.05) is 0 Å². The maximum Gasteiger partial charge on any atom is 0.223 e. The Morgan fingerprint density at radius 3 is 2.62 bits per heavy atom. The van der Waals surface area contributed by atoms with Gasteiger partial charge in [0.2, 0.25) is 5.91 Å². The fourth-order valence-corrected chi connectivity index (χ4v) is 5.14. The second kappa shape index (κ2) is 9.83. The summed E-state index contributed by atoms with van der Waals surface area (Å²) in [5.41, 5.74) is 2.51. The lowest BCUT2D eigenvalue weighted by atomic mass is 9.94. The number of carbonyl (C=O) groups excluding carboxylic acids is 1. The Morgan fingerprint density at radius 1 is 1.10 bits per heavy atom. The van der Waals surface area contributed by atoms with Crippen LogP contribution in [0.25, 0.3) is 0 Å². The maximum absolute atomic E-state index is 12.8. The van der Waals surface area contributed by atoms with Gasteiger partial charge in [-0.05, 0) is 57.8 Å². The fourth-order valence-electron chi connectivity index (χ4n) is 4.54. The van der Waals surface area contributed by atoms with E-state index in [1.165, 1.54) is 5.56 Å². The minimum absolute atomic E-state index is 0.160. The highest BCUT2D eigenvalue weighted by atomic mass is 32.1. The standard InChI is InChI=1S/C23H32N4OS/c1-18-24-22(17-29-18)16-26-12-9-20(10-13-26)23(28)25-21-8-5-11-27(15-21)14-19-6-3-2-4-7-19/h2-4,6-7,17,20-21H,5,8-16H2,1H3,(H,25,28). The normalized spacial score (nSPS) is 21.9. The number of benzene rings is 1. The molecule has 2 aliphatic heterocycles. The zero-order valence-electron chi connectivity index (χ0n) is 17.3. The lowest BCUT2D eigenvalue weighted by Gasteiger charge is -2.35. The third-order valence-electron chi connectivity index (χ3n) is 6.11. The summed E-state index contributed by atoms with van der Waals surface area (Å²) in [5, 5.41) is 6.64. The molecular formula is C23H32N4OS. The smallest absolute Gasteiger partial charge is 0.223 e. The van der Waals surface area contributed by atoms with Crippen LogP contribution in [0.3, 0.4) is 0 Å². The molecule has 3 heterocycles. The number of nitrogens with one attached hydrogen (secondary N) is 1. The highest BCUT2D eigenvalue weighted by Crippen LogP contribution is 2.21. The number of aromatic nitrogens is 1. The summed E-state index contributed by atoms with van der Waals surface area (Å²) >= 11 is 1.71. The number of carbonyl (C=O) groups is 1. The van der Waals surface area contributed by atoms with Crippen LogP contribution in [-0.4, -0.2) is 52.9 Å². The molecule has 0 radical (unpaired) electrons. The van der Waals surface area contributed by atoms with Gasteiger partial charge in [0.15, 0.2) is 0 Å². The van der Waals surface area contributed by atoms with Crippen LogP contribution in [0.4, 0.5) is 0 Å². The van der Waals surface area contributed by atoms with E-state index in [0.29, 0.717) is 0 Å². The van der Waals surface area contributed by atoms with Crippen molar-refractivity contribution in [2.75, 3.05) is 26.2 Å². The van der Waals surface area contributed by atoms with Gasteiger partial charge in [0.1, 0.15) is 0 Å². The van der Waals surface area contributed by atoms with Crippen molar-refractivity contribution in [2.24, 2.45) is 5.92 Å². The largest absolute Gasteiger partial charge is 0.352 e. The zero-order valence-corrected chi connectivity index (χ0v) is 18.2. The van der Waals surface area contributed by atoms with Crippen molar-refractivity contribution in [3.63, 3.8) is 0 Å². The number of rotatable bonds is 6. The molecule has 2 saturated heterocycles. The summed E-state index contributed by atoms with van der Waals surface area (Å²) in [5.74, 6) is 0.425. The van der Waals surface area contributed by atoms with Crippen LogP contribution in [0.1, 0.15) is 41.9 Å². The molecule has 1 aromatic carbocycles. The van der Waals surface area contributed by atoms with Gasteiger partial charge in [-0.15, -0.1) is 11.3 Å². The molecule has 29 heavy (non-hydrogen) atoms. The summed E-state index contributed by atoms with van der Waals surface area (Å²) in [6.45, 7) is 7.99. The molecule has 1 atom stereocenters. The Hall–Kier alpha value is -1.76. The first kappa shape index (κ1) is 20.5. The molecule has 4 rings (SSSR count). The van der Waals surface area contributed by atoms with Gasteiger partial charge in [-0.25, -0.2) is 4.98 Å². The van der Waals surface area contributed by atoms with E-state index < -0.39 is 0 Å². The van der Waals surface area contributed by atoms with Crippen molar-refractivity contribution in [3.05, 3.63) is 52.0 Å². The van der Waals surface area contributed by atoms with Crippen molar-refractivity contribution in [1.29, 1.82) is 0 Å². The quantitative estimate of drug-likeness (QED) is 0.790. The third kappa shape index (κ3) is 5.87. The van der Waals surface area contributed by atoms with Crippen LogP contribution < -0.4 is 5.32 Å². The predicted molar refractivity (Wildman–Crippen MR) is 118 cm³/mol. The van der Waals surface area contributed by atoms with E-state index in [-0.39, 0.29) is 17.9 Å². The first-order valence-corrected chi connectivity index (χ1v) is 11.7. The lowest BCUT2D eigenvalue weighted by Crippen LogP contribution is -2.50. The van der Waals surface area contributed by atoms with Gasteiger partial charge >= 0.3 is 0 Å². The summed E-state index contributed by atoms with van der Waals surface area (Å²) in [6.07, 6.45) is 4.16. The van der Waals surface area contributed by atoms with Gasteiger partial charge < -0.3 is 5.32 Å².